The number of hydrogen-bond donors (Lipinski definition) is 1. The fourth-order valence-corrected chi connectivity index (χ4v) is 1.55. The zero-order valence-corrected chi connectivity index (χ0v) is 9.65. The normalized spacial score (nSPS) is 10.5. The lowest BCUT2D eigenvalue weighted by Crippen LogP contribution is -2.05. The summed E-state index contributed by atoms with van der Waals surface area (Å²) in [5.41, 5.74) is 7.65. The Hall–Kier alpha value is -1.81. The molecule has 1 aromatic carbocycles. The van der Waals surface area contributed by atoms with Crippen LogP contribution in [-0.2, 0) is 6.42 Å². The number of nitrogens with zero attached hydrogens (tertiary/aromatic N) is 2. The molecule has 0 aliphatic heterocycles. The van der Waals surface area contributed by atoms with E-state index in [0.717, 1.165) is 5.69 Å². The van der Waals surface area contributed by atoms with Crippen molar-refractivity contribution in [3.05, 3.63) is 47.5 Å². The lowest BCUT2D eigenvalue weighted by Gasteiger charge is -2.04. The van der Waals surface area contributed by atoms with Gasteiger partial charge in [-0.15, -0.1) is 0 Å². The molecule has 17 heavy (non-hydrogen) atoms. The maximum absolute atomic E-state index is 13.4. The van der Waals surface area contributed by atoms with Crippen molar-refractivity contribution < 1.29 is 4.39 Å². The fraction of sp³-hybridized carbons (Fsp3) is 0.231. The second kappa shape index (κ2) is 5.01. The molecular formula is C13H14FN3. The number of halogens is 1. The standard InChI is InChI=1S/C13H14FN3/c1-9-2-3-10(8-12(9)14)13-16-7-5-11(17-13)4-6-15/h2-3,5,7-8H,4,6,15H2,1H3. The molecule has 0 spiro atoms. The first-order valence-corrected chi connectivity index (χ1v) is 5.49. The van der Waals surface area contributed by atoms with Crippen LogP contribution < -0.4 is 5.73 Å². The maximum Gasteiger partial charge on any atom is 0.159 e. The van der Waals surface area contributed by atoms with Gasteiger partial charge in [0.2, 0.25) is 0 Å². The van der Waals surface area contributed by atoms with Crippen LogP contribution >= 0.6 is 0 Å². The Morgan fingerprint density at radius 2 is 2.12 bits per heavy atom. The van der Waals surface area contributed by atoms with Crippen LogP contribution in [0.2, 0.25) is 0 Å². The van der Waals surface area contributed by atoms with Gasteiger partial charge in [0.15, 0.2) is 5.82 Å². The summed E-state index contributed by atoms with van der Waals surface area (Å²) in [4.78, 5) is 8.49. The van der Waals surface area contributed by atoms with Crippen LogP contribution in [0.4, 0.5) is 4.39 Å². The van der Waals surface area contributed by atoms with Crippen LogP contribution in [0.15, 0.2) is 30.5 Å². The molecule has 0 fully saturated rings. The Labute approximate surface area is 99.5 Å². The van der Waals surface area contributed by atoms with E-state index in [1.54, 1.807) is 19.2 Å². The van der Waals surface area contributed by atoms with Gasteiger partial charge in [-0.2, -0.15) is 0 Å². The first-order valence-electron chi connectivity index (χ1n) is 5.49. The largest absolute Gasteiger partial charge is 0.330 e. The molecular weight excluding hydrogens is 217 g/mol. The zero-order chi connectivity index (χ0) is 12.3. The Morgan fingerprint density at radius 3 is 2.82 bits per heavy atom. The topological polar surface area (TPSA) is 51.8 Å². The van der Waals surface area contributed by atoms with Gasteiger partial charge in [-0.05, 0) is 31.2 Å². The summed E-state index contributed by atoms with van der Waals surface area (Å²) in [5, 5.41) is 0. The Bertz CT molecular complexity index is 526. The number of benzene rings is 1. The Kier molecular flexibility index (Phi) is 3.44. The summed E-state index contributed by atoms with van der Waals surface area (Å²) in [6.07, 6.45) is 2.37. The second-order valence-electron chi connectivity index (χ2n) is 3.87. The summed E-state index contributed by atoms with van der Waals surface area (Å²) in [6, 6.07) is 6.82. The van der Waals surface area contributed by atoms with Crippen LogP contribution in [-0.4, -0.2) is 16.5 Å². The van der Waals surface area contributed by atoms with Crippen molar-refractivity contribution in [2.24, 2.45) is 5.73 Å². The molecule has 0 amide bonds. The third-order valence-electron chi connectivity index (χ3n) is 2.54. The van der Waals surface area contributed by atoms with E-state index < -0.39 is 0 Å². The van der Waals surface area contributed by atoms with Crippen LogP contribution in [0.25, 0.3) is 11.4 Å². The SMILES string of the molecule is Cc1ccc(-c2nccc(CCN)n2)cc1F. The van der Waals surface area contributed by atoms with Crippen molar-refractivity contribution in [1.29, 1.82) is 0 Å². The Morgan fingerprint density at radius 1 is 1.29 bits per heavy atom. The van der Waals surface area contributed by atoms with Gasteiger partial charge < -0.3 is 5.73 Å². The van der Waals surface area contributed by atoms with Gasteiger partial charge in [-0.25, -0.2) is 14.4 Å². The predicted molar refractivity (Wildman–Crippen MR) is 64.9 cm³/mol. The molecule has 1 aromatic heterocycles. The summed E-state index contributed by atoms with van der Waals surface area (Å²) in [6.45, 7) is 2.27. The third kappa shape index (κ3) is 2.65. The van der Waals surface area contributed by atoms with Crippen molar-refractivity contribution in [2.75, 3.05) is 6.54 Å². The van der Waals surface area contributed by atoms with Gasteiger partial charge in [0.25, 0.3) is 0 Å². The monoisotopic (exact) mass is 231 g/mol. The number of aromatic nitrogens is 2. The fourth-order valence-electron chi connectivity index (χ4n) is 1.55. The molecule has 2 aromatic rings. The van der Waals surface area contributed by atoms with Gasteiger partial charge in [-0.3, -0.25) is 0 Å². The highest BCUT2D eigenvalue weighted by Crippen LogP contribution is 2.18. The average Bonchev–Trinajstić information content (AvgIpc) is 2.33. The first-order chi connectivity index (χ1) is 8.20. The van der Waals surface area contributed by atoms with Crippen LogP contribution in [0.3, 0.4) is 0 Å². The van der Waals surface area contributed by atoms with E-state index in [1.807, 2.05) is 12.1 Å². The Balaban J connectivity index is 2.38. The molecule has 1 heterocycles. The number of hydrogen-bond acceptors (Lipinski definition) is 3. The number of aryl methyl sites for hydroxylation is 1. The van der Waals surface area contributed by atoms with E-state index in [0.29, 0.717) is 29.9 Å². The van der Waals surface area contributed by atoms with Crippen LogP contribution in [0.5, 0.6) is 0 Å². The van der Waals surface area contributed by atoms with Gasteiger partial charge in [0.1, 0.15) is 5.82 Å². The van der Waals surface area contributed by atoms with E-state index in [2.05, 4.69) is 9.97 Å². The minimum Gasteiger partial charge on any atom is -0.330 e. The van der Waals surface area contributed by atoms with Crippen molar-refractivity contribution in [2.45, 2.75) is 13.3 Å². The van der Waals surface area contributed by atoms with E-state index in [9.17, 15) is 4.39 Å². The zero-order valence-electron chi connectivity index (χ0n) is 9.65. The molecule has 2 rings (SSSR count). The van der Waals surface area contributed by atoms with Crippen molar-refractivity contribution in [3.8, 4) is 11.4 Å². The molecule has 3 nitrogen and oxygen atoms in total. The molecule has 0 atom stereocenters. The van der Waals surface area contributed by atoms with E-state index in [4.69, 9.17) is 5.73 Å². The minimum atomic E-state index is -0.240. The maximum atomic E-state index is 13.4. The lowest BCUT2D eigenvalue weighted by atomic mass is 10.1. The molecule has 0 radical (unpaired) electrons. The quantitative estimate of drug-likeness (QED) is 0.880. The highest BCUT2D eigenvalue weighted by molar-refractivity contribution is 5.55. The molecule has 0 saturated heterocycles. The number of rotatable bonds is 3. The summed E-state index contributed by atoms with van der Waals surface area (Å²) >= 11 is 0. The molecule has 88 valence electrons. The van der Waals surface area contributed by atoms with Crippen LogP contribution in [0, 0.1) is 12.7 Å². The first kappa shape index (κ1) is 11.7. The minimum absolute atomic E-state index is 0.240. The molecule has 2 N–H and O–H groups in total. The summed E-state index contributed by atoms with van der Waals surface area (Å²) < 4.78 is 13.4. The van der Waals surface area contributed by atoms with Crippen molar-refractivity contribution >= 4 is 0 Å². The highest BCUT2D eigenvalue weighted by Gasteiger charge is 2.05. The molecule has 4 heteroatoms. The average molecular weight is 231 g/mol. The molecule has 0 unspecified atom stereocenters. The van der Waals surface area contributed by atoms with Gasteiger partial charge in [0, 0.05) is 23.9 Å². The molecule has 0 bridgehead atoms. The highest BCUT2D eigenvalue weighted by atomic mass is 19.1. The summed E-state index contributed by atoms with van der Waals surface area (Å²) in [5.74, 6) is 0.296. The molecule has 0 aliphatic carbocycles. The van der Waals surface area contributed by atoms with E-state index in [1.165, 1.54) is 6.07 Å². The van der Waals surface area contributed by atoms with Crippen molar-refractivity contribution in [3.63, 3.8) is 0 Å². The van der Waals surface area contributed by atoms with E-state index in [-0.39, 0.29) is 5.82 Å². The number of nitrogens with two attached hydrogens (primary N) is 1. The van der Waals surface area contributed by atoms with Gasteiger partial charge >= 0.3 is 0 Å². The van der Waals surface area contributed by atoms with Gasteiger partial charge in [-0.1, -0.05) is 12.1 Å². The smallest absolute Gasteiger partial charge is 0.159 e. The molecule has 0 aliphatic rings. The van der Waals surface area contributed by atoms with Crippen LogP contribution in [0.1, 0.15) is 11.3 Å². The van der Waals surface area contributed by atoms with Gasteiger partial charge in [0.05, 0.1) is 0 Å². The van der Waals surface area contributed by atoms with Crippen molar-refractivity contribution in [1.82, 2.24) is 9.97 Å². The third-order valence-corrected chi connectivity index (χ3v) is 2.54. The predicted octanol–water partition coefficient (Wildman–Crippen LogP) is 2.09. The second-order valence-corrected chi connectivity index (χ2v) is 3.87. The van der Waals surface area contributed by atoms with E-state index >= 15 is 0 Å². The molecule has 0 saturated carbocycles. The lowest BCUT2D eigenvalue weighted by molar-refractivity contribution is 0.619. The summed E-state index contributed by atoms with van der Waals surface area (Å²) in [7, 11) is 0.